The van der Waals surface area contributed by atoms with E-state index < -0.39 is 10.8 Å². The molecule has 1 unspecified atom stereocenters. The summed E-state index contributed by atoms with van der Waals surface area (Å²) >= 11 is 0. The van der Waals surface area contributed by atoms with Gasteiger partial charge in [0.1, 0.15) is 0 Å². The van der Waals surface area contributed by atoms with Gasteiger partial charge in [0.25, 0.3) is 0 Å². The van der Waals surface area contributed by atoms with Crippen LogP contribution < -0.4 is 10.6 Å². The number of benzene rings is 1. The van der Waals surface area contributed by atoms with Crippen molar-refractivity contribution < 1.29 is 4.21 Å². The Bertz CT molecular complexity index is 443. The third-order valence-corrected chi connectivity index (χ3v) is 4.17. The number of hydrogen-bond acceptors (Lipinski definition) is 2. The maximum Gasteiger partial charge on any atom is 0.191 e. The first kappa shape index (κ1) is 14.1. The second kappa shape index (κ2) is 7.28. The minimum absolute atomic E-state index is 0.561. The summed E-state index contributed by atoms with van der Waals surface area (Å²) in [6, 6.07) is 10.1. The number of rotatable bonds is 6. The van der Waals surface area contributed by atoms with Crippen molar-refractivity contribution in [1.29, 1.82) is 0 Å². The van der Waals surface area contributed by atoms with Crippen molar-refractivity contribution in [2.45, 2.75) is 30.7 Å². The van der Waals surface area contributed by atoms with Crippen LogP contribution in [0.1, 0.15) is 19.8 Å². The standard InChI is InChI=1S/C14H21N3OS/c1-2-15-14(17-12-8-9-12)16-10-11-19(18)13-6-4-3-5-7-13/h3-7,12H,2,8-11H2,1H3,(H2,15,16,17). The van der Waals surface area contributed by atoms with E-state index in [1.54, 1.807) is 0 Å². The van der Waals surface area contributed by atoms with Crippen LogP contribution in [0.25, 0.3) is 0 Å². The van der Waals surface area contributed by atoms with Gasteiger partial charge in [-0.25, -0.2) is 0 Å². The fraction of sp³-hybridized carbons (Fsp3) is 0.500. The van der Waals surface area contributed by atoms with Gasteiger partial charge in [0.05, 0.1) is 17.3 Å². The van der Waals surface area contributed by atoms with Crippen molar-refractivity contribution in [1.82, 2.24) is 10.6 Å². The summed E-state index contributed by atoms with van der Waals surface area (Å²) in [6.07, 6.45) is 2.45. The Kier molecular flexibility index (Phi) is 5.39. The van der Waals surface area contributed by atoms with Gasteiger partial charge >= 0.3 is 0 Å². The fourth-order valence-electron chi connectivity index (χ4n) is 1.67. The van der Waals surface area contributed by atoms with E-state index in [2.05, 4.69) is 15.6 Å². The summed E-state index contributed by atoms with van der Waals surface area (Å²) in [7, 11) is -0.963. The SMILES string of the molecule is CCNC(=NCCS(=O)c1ccccc1)NC1CC1. The molecule has 4 nitrogen and oxygen atoms in total. The third-order valence-electron chi connectivity index (χ3n) is 2.82. The highest BCUT2D eigenvalue weighted by Crippen LogP contribution is 2.18. The summed E-state index contributed by atoms with van der Waals surface area (Å²) in [5.41, 5.74) is 0. The van der Waals surface area contributed by atoms with Crippen LogP contribution in [0.4, 0.5) is 0 Å². The molecule has 1 saturated carbocycles. The average Bonchev–Trinajstić information content (AvgIpc) is 3.24. The van der Waals surface area contributed by atoms with E-state index in [-0.39, 0.29) is 0 Å². The van der Waals surface area contributed by atoms with E-state index in [4.69, 9.17) is 0 Å². The van der Waals surface area contributed by atoms with Crippen molar-refractivity contribution in [2.75, 3.05) is 18.8 Å². The molecule has 104 valence electrons. The molecular formula is C14H21N3OS. The first-order chi connectivity index (χ1) is 9.29. The van der Waals surface area contributed by atoms with Crippen LogP contribution in [-0.2, 0) is 10.8 Å². The monoisotopic (exact) mass is 279 g/mol. The van der Waals surface area contributed by atoms with Gasteiger partial charge in [0.15, 0.2) is 5.96 Å². The molecule has 1 aliphatic carbocycles. The Hall–Kier alpha value is -1.36. The van der Waals surface area contributed by atoms with Gasteiger partial charge in [-0.05, 0) is 31.9 Å². The van der Waals surface area contributed by atoms with Gasteiger partial charge in [-0.1, -0.05) is 18.2 Å². The maximum absolute atomic E-state index is 12.0. The highest BCUT2D eigenvalue weighted by molar-refractivity contribution is 7.85. The topological polar surface area (TPSA) is 53.5 Å². The van der Waals surface area contributed by atoms with Crippen LogP contribution in [0.15, 0.2) is 40.2 Å². The largest absolute Gasteiger partial charge is 0.357 e. The average molecular weight is 279 g/mol. The quantitative estimate of drug-likeness (QED) is 0.613. The molecule has 19 heavy (non-hydrogen) atoms. The van der Waals surface area contributed by atoms with E-state index in [1.165, 1.54) is 12.8 Å². The van der Waals surface area contributed by atoms with Crippen LogP contribution in [0.2, 0.25) is 0 Å². The van der Waals surface area contributed by atoms with E-state index in [9.17, 15) is 4.21 Å². The summed E-state index contributed by atoms with van der Waals surface area (Å²) in [6.45, 7) is 3.47. The molecule has 1 aromatic rings. The number of hydrogen-bond donors (Lipinski definition) is 2. The molecule has 1 atom stereocenters. The predicted molar refractivity (Wildman–Crippen MR) is 79.9 cm³/mol. The zero-order valence-corrected chi connectivity index (χ0v) is 12.1. The fourth-order valence-corrected chi connectivity index (χ4v) is 2.63. The number of nitrogens with one attached hydrogen (secondary N) is 2. The maximum atomic E-state index is 12.0. The predicted octanol–water partition coefficient (Wildman–Crippen LogP) is 1.51. The lowest BCUT2D eigenvalue weighted by Crippen LogP contribution is -2.38. The second-order valence-corrected chi connectivity index (χ2v) is 6.11. The first-order valence-electron chi connectivity index (χ1n) is 6.78. The molecule has 0 aliphatic heterocycles. The van der Waals surface area contributed by atoms with E-state index in [1.807, 2.05) is 37.3 Å². The van der Waals surface area contributed by atoms with Gasteiger partial charge in [0.2, 0.25) is 0 Å². The molecule has 2 N–H and O–H groups in total. The Morgan fingerprint density at radius 2 is 2.11 bits per heavy atom. The molecule has 0 amide bonds. The van der Waals surface area contributed by atoms with Gasteiger partial charge < -0.3 is 10.6 Å². The molecule has 0 saturated heterocycles. The third kappa shape index (κ3) is 5.03. The Morgan fingerprint density at radius 3 is 2.74 bits per heavy atom. The molecule has 1 aromatic carbocycles. The van der Waals surface area contributed by atoms with E-state index >= 15 is 0 Å². The van der Waals surface area contributed by atoms with Crippen molar-refractivity contribution in [3.8, 4) is 0 Å². The lowest BCUT2D eigenvalue weighted by molar-refractivity contribution is 0.682. The van der Waals surface area contributed by atoms with E-state index in [0.717, 1.165) is 17.4 Å². The summed E-state index contributed by atoms with van der Waals surface area (Å²) in [5, 5.41) is 6.55. The molecule has 0 radical (unpaired) electrons. The molecule has 0 heterocycles. The van der Waals surface area contributed by atoms with Crippen LogP contribution in [0, 0.1) is 0 Å². The zero-order chi connectivity index (χ0) is 13.5. The molecular weight excluding hydrogens is 258 g/mol. The van der Waals surface area contributed by atoms with Crippen molar-refractivity contribution in [2.24, 2.45) is 4.99 Å². The van der Waals surface area contributed by atoms with Crippen LogP contribution >= 0.6 is 0 Å². The van der Waals surface area contributed by atoms with Crippen molar-refractivity contribution in [3.63, 3.8) is 0 Å². The van der Waals surface area contributed by atoms with Gasteiger partial charge in [-0.2, -0.15) is 0 Å². The summed E-state index contributed by atoms with van der Waals surface area (Å²) in [5.74, 6) is 1.40. The number of guanidine groups is 1. The molecule has 1 fully saturated rings. The second-order valence-electron chi connectivity index (χ2n) is 4.54. The van der Waals surface area contributed by atoms with Gasteiger partial charge in [-0.3, -0.25) is 9.20 Å². The Morgan fingerprint density at radius 1 is 1.37 bits per heavy atom. The van der Waals surface area contributed by atoms with Gasteiger partial charge in [0, 0.05) is 23.2 Å². The Balaban J connectivity index is 1.81. The first-order valence-corrected chi connectivity index (χ1v) is 8.09. The molecule has 0 spiro atoms. The zero-order valence-electron chi connectivity index (χ0n) is 11.3. The van der Waals surface area contributed by atoms with Crippen LogP contribution in [0.3, 0.4) is 0 Å². The smallest absolute Gasteiger partial charge is 0.191 e. The normalized spacial score (nSPS) is 17.0. The van der Waals surface area contributed by atoms with Gasteiger partial charge in [-0.15, -0.1) is 0 Å². The van der Waals surface area contributed by atoms with E-state index in [0.29, 0.717) is 18.3 Å². The van der Waals surface area contributed by atoms with Crippen LogP contribution in [0.5, 0.6) is 0 Å². The number of aliphatic imine (C=N–C) groups is 1. The number of nitrogens with zero attached hydrogens (tertiary/aromatic N) is 1. The molecule has 0 bridgehead atoms. The minimum atomic E-state index is -0.963. The van der Waals surface area contributed by atoms with Crippen LogP contribution in [-0.4, -0.2) is 35.1 Å². The van der Waals surface area contributed by atoms with Crippen molar-refractivity contribution in [3.05, 3.63) is 30.3 Å². The lowest BCUT2D eigenvalue weighted by atomic mass is 10.4. The van der Waals surface area contributed by atoms with Crippen molar-refractivity contribution >= 4 is 16.8 Å². The highest BCUT2D eigenvalue weighted by Gasteiger charge is 2.21. The Labute approximate surface area is 117 Å². The highest BCUT2D eigenvalue weighted by atomic mass is 32.2. The molecule has 5 heteroatoms. The lowest BCUT2D eigenvalue weighted by Gasteiger charge is -2.09. The molecule has 2 rings (SSSR count). The summed E-state index contributed by atoms with van der Waals surface area (Å²) in [4.78, 5) is 5.33. The summed E-state index contributed by atoms with van der Waals surface area (Å²) < 4.78 is 12.0. The molecule has 0 aromatic heterocycles. The minimum Gasteiger partial charge on any atom is -0.357 e. The molecule has 1 aliphatic rings.